The fourth-order valence-corrected chi connectivity index (χ4v) is 8.40. The number of fused-ring (bicyclic) bond motifs is 3. The van der Waals surface area contributed by atoms with E-state index < -0.39 is 8.07 Å². The summed E-state index contributed by atoms with van der Waals surface area (Å²) in [7, 11) is 0.154. The van der Waals surface area contributed by atoms with Gasteiger partial charge in [0, 0.05) is 17.7 Å². The van der Waals surface area contributed by atoms with E-state index in [4.69, 9.17) is 6.57 Å². The van der Waals surface area contributed by atoms with Gasteiger partial charge in [-0.1, -0.05) is 63.3 Å². The van der Waals surface area contributed by atoms with Crippen molar-refractivity contribution in [2.75, 3.05) is 0 Å². The topological polar surface area (TPSA) is 8.24 Å². The summed E-state index contributed by atoms with van der Waals surface area (Å²) in [5, 5.41) is 2.93. The predicted octanol–water partition coefficient (Wildman–Crippen LogP) is 5.14. The SMILES string of the molecule is [C-]#[N+]c1ccc2c(c1)[Si](C)(C)c1c(-c3cccc[n+]3C)c(C)cc(C(C)(C)C)c1-2. The molecule has 0 N–H and O–H groups in total. The molecule has 2 nitrogen and oxygen atoms in total. The smallest absolute Gasteiger partial charge is 0.212 e. The molecule has 0 fully saturated rings. The molecule has 3 heteroatoms. The molecule has 146 valence electrons. The van der Waals surface area contributed by atoms with Crippen LogP contribution in [-0.2, 0) is 12.5 Å². The van der Waals surface area contributed by atoms with Gasteiger partial charge >= 0.3 is 0 Å². The summed E-state index contributed by atoms with van der Waals surface area (Å²) in [6.45, 7) is 21.6. The maximum absolute atomic E-state index is 7.51. The molecular weight excluding hydrogens is 368 g/mol. The average molecular weight is 398 g/mol. The standard InChI is InChI=1S/C26H29N2Si/c1-17-15-20(26(2,3)4)24-19-13-12-18(27-5)16-22(19)29(7,8)25(24)23(17)21-11-9-10-14-28(21)6/h9-16H,1-4,6-8H3/q+1. The Labute approximate surface area is 175 Å². The van der Waals surface area contributed by atoms with Crippen LogP contribution in [-0.4, -0.2) is 8.07 Å². The number of aromatic nitrogens is 1. The summed E-state index contributed by atoms with van der Waals surface area (Å²) < 4.78 is 2.23. The highest BCUT2D eigenvalue weighted by Gasteiger charge is 2.43. The van der Waals surface area contributed by atoms with Gasteiger partial charge in [-0.15, -0.1) is 0 Å². The van der Waals surface area contributed by atoms with Crippen LogP contribution in [0.1, 0.15) is 31.9 Å². The zero-order valence-electron chi connectivity index (χ0n) is 18.5. The molecule has 0 amide bonds. The Kier molecular flexibility index (Phi) is 4.33. The highest BCUT2D eigenvalue weighted by molar-refractivity contribution is 7.04. The maximum Gasteiger partial charge on any atom is 0.212 e. The molecule has 0 unspecified atom stereocenters. The van der Waals surface area contributed by atoms with E-state index in [1.165, 1.54) is 43.9 Å². The van der Waals surface area contributed by atoms with Crippen molar-refractivity contribution >= 4 is 24.1 Å². The van der Waals surface area contributed by atoms with Crippen LogP contribution in [0.5, 0.6) is 0 Å². The minimum Gasteiger partial charge on any atom is -0.238 e. The summed E-state index contributed by atoms with van der Waals surface area (Å²) >= 11 is 0. The fraction of sp³-hybridized carbons (Fsp3) is 0.308. The summed E-state index contributed by atoms with van der Waals surface area (Å²) in [5.74, 6) is 0. The molecule has 1 aromatic heterocycles. The molecule has 0 atom stereocenters. The van der Waals surface area contributed by atoms with Gasteiger partial charge in [-0.3, -0.25) is 0 Å². The van der Waals surface area contributed by atoms with Crippen molar-refractivity contribution in [3.05, 3.63) is 71.2 Å². The lowest BCUT2D eigenvalue weighted by molar-refractivity contribution is -0.660. The van der Waals surface area contributed by atoms with Crippen LogP contribution >= 0.6 is 0 Å². The largest absolute Gasteiger partial charge is 0.238 e. The van der Waals surface area contributed by atoms with Crippen molar-refractivity contribution in [1.29, 1.82) is 0 Å². The van der Waals surface area contributed by atoms with Gasteiger partial charge in [0.15, 0.2) is 11.9 Å². The van der Waals surface area contributed by atoms with Crippen molar-refractivity contribution < 1.29 is 4.57 Å². The second-order valence-corrected chi connectivity index (χ2v) is 14.1. The molecule has 29 heavy (non-hydrogen) atoms. The number of rotatable bonds is 1. The highest BCUT2D eigenvalue weighted by Crippen LogP contribution is 2.41. The molecule has 0 saturated heterocycles. The van der Waals surface area contributed by atoms with E-state index in [0.717, 1.165) is 5.69 Å². The van der Waals surface area contributed by atoms with E-state index >= 15 is 0 Å². The number of aryl methyl sites for hydroxylation is 2. The van der Waals surface area contributed by atoms with Gasteiger partial charge in [-0.05, 0) is 45.8 Å². The van der Waals surface area contributed by atoms with E-state index in [1.807, 2.05) is 6.07 Å². The van der Waals surface area contributed by atoms with Crippen molar-refractivity contribution in [3.8, 4) is 22.4 Å². The van der Waals surface area contributed by atoms with Crippen LogP contribution < -0.4 is 14.9 Å². The molecule has 4 rings (SSSR count). The molecular formula is C26H29N2Si+. The first-order valence-electron chi connectivity index (χ1n) is 10.2. The first kappa shape index (κ1) is 19.6. The second kappa shape index (κ2) is 6.40. The van der Waals surface area contributed by atoms with Crippen LogP contribution in [0.15, 0.2) is 48.7 Å². The minimum atomic E-state index is -1.98. The molecule has 0 saturated carbocycles. The van der Waals surface area contributed by atoms with E-state index in [-0.39, 0.29) is 5.41 Å². The first-order chi connectivity index (χ1) is 13.6. The van der Waals surface area contributed by atoms with Crippen LogP contribution in [0.2, 0.25) is 13.1 Å². The molecule has 0 aliphatic carbocycles. The van der Waals surface area contributed by atoms with Gasteiger partial charge in [0.05, 0.1) is 6.57 Å². The summed E-state index contributed by atoms with van der Waals surface area (Å²) in [5.41, 5.74) is 8.97. The normalized spacial score (nSPS) is 14.3. The number of hydrogen-bond donors (Lipinski definition) is 0. The van der Waals surface area contributed by atoms with E-state index in [9.17, 15) is 0 Å². The fourth-order valence-electron chi connectivity index (χ4n) is 4.90. The number of pyridine rings is 1. The Balaban J connectivity index is 2.20. The average Bonchev–Trinajstić information content (AvgIpc) is 2.88. The molecule has 0 radical (unpaired) electrons. The third-order valence-electron chi connectivity index (χ3n) is 6.34. The third-order valence-corrected chi connectivity index (χ3v) is 9.85. The lowest BCUT2D eigenvalue weighted by Crippen LogP contribution is -2.51. The molecule has 1 aliphatic heterocycles. The highest BCUT2D eigenvalue weighted by atomic mass is 28.3. The van der Waals surface area contributed by atoms with Crippen LogP contribution in [0.25, 0.3) is 27.2 Å². The lowest BCUT2D eigenvalue weighted by atomic mass is 9.79. The molecule has 2 heterocycles. The Morgan fingerprint density at radius 1 is 1.00 bits per heavy atom. The summed E-state index contributed by atoms with van der Waals surface area (Å²) in [4.78, 5) is 3.73. The van der Waals surface area contributed by atoms with E-state index in [0.29, 0.717) is 0 Å². The Morgan fingerprint density at radius 3 is 2.34 bits per heavy atom. The molecule has 0 bridgehead atoms. The van der Waals surface area contributed by atoms with Crippen LogP contribution in [0.3, 0.4) is 0 Å². The molecule has 2 aromatic carbocycles. The first-order valence-corrected chi connectivity index (χ1v) is 13.2. The van der Waals surface area contributed by atoms with Crippen LogP contribution in [0.4, 0.5) is 5.69 Å². The van der Waals surface area contributed by atoms with Gasteiger partial charge in [-0.2, -0.15) is 0 Å². The summed E-state index contributed by atoms with van der Waals surface area (Å²) in [6, 6.07) is 15.2. The molecule has 3 aromatic rings. The third kappa shape index (κ3) is 2.86. The number of hydrogen-bond acceptors (Lipinski definition) is 0. The predicted molar refractivity (Wildman–Crippen MR) is 125 cm³/mol. The maximum atomic E-state index is 7.51. The Hall–Kier alpha value is -2.70. The van der Waals surface area contributed by atoms with Gasteiger partial charge in [0.2, 0.25) is 5.69 Å². The van der Waals surface area contributed by atoms with Crippen molar-refractivity contribution in [1.82, 2.24) is 0 Å². The van der Waals surface area contributed by atoms with Gasteiger partial charge < -0.3 is 0 Å². The zero-order valence-corrected chi connectivity index (χ0v) is 19.5. The van der Waals surface area contributed by atoms with Gasteiger partial charge in [0.25, 0.3) is 0 Å². The van der Waals surface area contributed by atoms with E-state index in [1.54, 1.807) is 0 Å². The number of nitrogens with zero attached hydrogens (tertiary/aromatic N) is 2. The Morgan fingerprint density at radius 2 is 1.72 bits per heavy atom. The summed E-state index contributed by atoms with van der Waals surface area (Å²) in [6.07, 6.45) is 2.13. The van der Waals surface area contributed by atoms with Crippen molar-refractivity contribution in [3.63, 3.8) is 0 Å². The lowest BCUT2D eigenvalue weighted by Gasteiger charge is -2.28. The van der Waals surface area contributed by atoms with Crippen molar-refractivity contribution in [2.24, 2.45) is 7.05 Å². The zero-order chi connectivity index (χ0) is 21.1. The van der Waals surface area contributed by atoms with Gasteiger partial charge in [-0.25, -0.2) is 9.41 Å². The monoisotopic (exact) mass is 397 g/mol. The second-order valence-electron chi connectivity index (χ2n) is 9.78. The Bertz CT molecular complexity index is 1190. The molecule has 1 aliphatic rings. The quantitative estimate of drug-likeness (QED) is 0.305. The van der Waals surface area contributed by atoms with Crippen LogP contribution in [0, 0.1) is 13.5 Å². The van der Waals surface area contributed by atoms with Gasteiger partial charge in [0.1, 0.15) is 15.1 Å². The number of benzene rings is 2. The van der Waals surface area contributed by atoms with Crippen molar-refractivity contribution in [2.45, 2.75) is 46.2 Å². The van der Waals surface area contributed by atoms with E-state index in [2.05, 4.69) is 99.8 Å². The minimum absolute atomic E-state index is 0.0524. The molecule has 0 spiro atoms.